The summed E-state index contributed by atoms with van der Waals surface area (Å²) in [7, 11) is 2.09. The Bertz CT molecular complexity index is 1050. The third-order valence-electron chi connectivity index (χ3n) is 5.41. The highest BCUT2D eigenvalue weighted by Crippen LogP contribution is 2.28. The van der Waals surface area contributed by atoms with E-state index in [0.717, 1.165) is 12.1 Å². The first-order valence-corrected chi connectivity index (χ1v) is 11.1. The summed E-state index contributed by atoms with van der Waals surface area (Å²) in [4.78, 5) is 14.6. The van der Waals surface area contributed by atoms with Gasteiger partial charge in [0.1, 0.15) is 5.82 Å². The number of benzene rings is 2. The van der Waals surface area contributed by atoms with E-state index in [0.29, 0.717) is 18.7 Å². The molecule has 32 heavy (non-hydrogen) atoms. The highest BCUT2D eigenvalue weighted by atomic mass is 19.1. The quantitative estimate of drug-likeness (QED) is 0.420. The molecule has 0 aliphatic rings. The van der Waals surface area contributed by atoms with Crippen LogP contribution in [0.5, 0.6) is 0 Å². The van der Waals surface area contributed by atoms with Crippen molar-refractivity contribution in [2.24, 2.45) is 0 Å². The molecule has 0 atom stereocenters. The van der Waals surface area contributed by atoms with E-state index in [4.69, 9.17) is 4.74 Å². The zero-order valence-corrected chi connectivity index (χ0v) is 19.7. The van der Waals surface area contributed by atoms with Gasteiger partial charge in [0.15, 0.2) is 0 Å². The Labute approximate surface area is 190 Å². The second-order valence-corrected chi connectivity index (χ2v) is 9.26. The van der Waals surface area contributed by atoms with Gasteiger partial charge in [0, 0.05) is 35.8 Å². The fourth-order valence-corrected chi connectivity index (χ4v) is 3.97. The second-order valence-electron chi connectivity index (χ2n) is 9.26. The first kappa shape index (κ1) is 23.7. The summed E-state index contributed by atoms with van der Waals surface area (Å²) in [5.74, 6) is -0.873. The standard InChI is InChI=1S/C27H33FN2O2/c1-6-32-26(31)22-13-10-14-24(28)23(22)15-21-16-25(27(2,3)4)30(18-21)19-29(5)17-20-11-8-7-9-12-20/h7-14,16,18H,6,15,17,19H2,1-5H3. The fourth-order valence-electron chi connectivity index (χ4n) is 3.97. The lowest BCUT2D eigenvalue weighted by Gasteiger charge is -2.25. The summed E-state index contributed by atoms with van der Waals surface area (Å²) in [6.07, 6.45) is 2.41. The van der Waals surface area contributed by atoms with Gasteiger partial charge in [0.2, 0.25) is 0 Å². The maximum atomic E-state index is 14.7. The van der Waals surface area contributed by atoms with Crippen LogP contribution in [0.4, 0.5) is 4.39 Å². The molecule has 0 radical (unpaired) electrons. The molecule has 2 aromatic carbocycles. The molecule has 0 amide bonds. The molecule has 0 aliphatic heterocycles. The van der Waals surface area contributed by atoms with Crippen molar-refractivity contribution >= 4 is 5.97 Å². The van der Waals surface area contributed by atoms with Crippen LogP contribution < -0.4 is 0 Å². The molecule has 170 valence electrons. The Morgan fingerprint density at radius 3 is 2.44 bits per heavy atom. The van der Waals surface area contributed by atoms with E-state index in [2.05, 4.69) is 61.7 Å². The lowest BCUT2D eigenvalue weighted by Crippen LogP contribution is -2.25. The maximum absolute atomic E-state index is 14.7. The first-order valence-electron chi connectivity index (χ1n) is 11.1. The molecular weight excluding hydrogens is 403 g/mol. The predicted octanol–water partition coefficient (Wildman–Crippen LogP) is 5.78. The highest BCUT2D eigenvalue weighted by Gasteiger charge is 2.22. The van der Waals surface area contributed by atoms with E-state index >= 15 is 0 Å². The summed E-state index contributed by atoms with van der Waals surface area (Å²) in [6.45, 7) is 10.1. The van der Waals surface area contributed by atoms with Crippen molar-refractivity contribution in [3.63, 3.8) is 0 Å². The van der Waals surface area contributed by atoms with Crippen molar-refractivity contribution in [3.05, 3.63) is 94.6 Å². The fraction of sp³-hybridized carbons (Fsp3) is 0.370. The molecule has 0 N–H and O–H groups in total. The molecule has 1 aromatic heterocycles. The SMILES string of the molecule is CCOC(=O)c1cccc(F)c1Cc1cc(C(C)(C)C)n(CN(C)Cc2ccccc2)c1. The lowest BCUT2D eigenvalue weighted by atomic mass is 9.91. The molecule has 3 aromatic rings. The van der Waals surface area contributed by atoms with Gasteiger partial charge in [-0.05, 0) is 43.3 Å². The number of carbonyl (C=O) groups is 1. The van der Waals surface area contributed by atoms with E-state index in [1.165, 1.54) is 17.3 Å². The summed E-state index contributed by atoms with van der Waals surface area (Å²) < 4.78 is 22.1. The van der Waals surface area contributed by atoms with Gasteiger partial charge in [0.05, 0.1) is 18.8 Å². The average Bonchev–Trinajstić information content (AvgIpc) is 3.13. The molecule has 0 unspecified atom stereocenters. The van der Waals surface area contributed by atoms with Crippen LogP contribution >= 0.6 is 0 Å². The van der Waals surface area contributed by atoms with Crippen LogP contribution in [0.3, 0.4) is 0 Å². The monoisotopic (exact) mass is 436 g/mol. The van der Waals surface area contributed by atoms with Gasteiger partial charge in [-0.1, -0.05) is 57.2 Å². The average molecular weight is 437 g/mol. The van der Waals surface area contributed by atoms with Crippen molar-refractivity contribution in [3.8, 4) is 0 Å². The van der Waals surface area contributed by atoms with Crippen LogP contribution in [0.15, 0.2) is 60.8 Å². The van der Waals surface area contributed by atoms with Gasteiger partial charge in [-0.15, -0.1) is 0 Å². The van der Waals surface area contributed by atoms with Crippen LogP contribution in [-0.2, 0) is 29.8 Å². The molecule has 0 bridgehead atoms. The van der Waals surface area contributed by atoms with Crippen molar-refractivity contribution in [2.45, 2.75) is 52.7 Å². The minimum Gasteiger partial charge on any atom is -0.462 e. The molecule has 0 aliphatic carbocycles. The Balaban J connectivity index is 1.88. The van der Waals surface area contributed by atoms with Crippen LogP contribution in [0.25, 0.3) is 0 Å². The Morgan fingerprint density at radius 2 is 1.78 bits per heavy atom. The van der Waals surface area contributed by atoms with Gasteiger partial charge in [-0.2, -0.15) is 0 Å². The number of rotatable bonds is 8. The molecule has 4 nitrogen and oxygen atoms in total. The van der Waals surface area contributed by atoms with Gasteiger partial charge in [-0.3, -0.25) is 4.90 Å². The van der Waals surface area contributed by atoms with E-state index in [1.807, 2.05) is 18.2 Å². The molecule has 1 heterocycles. The molecule has 0 fully saturated rings. The number of hydrogen-bond acceptors (Lipinski definition) is 3. The number of aromatic nitrogens is 1. The number of nitrogens with zero attached hydrogens (tertiary/aromatic N) is 2. The van der Waals surface area contributed by atoms with Crippen molar-refractivity contribution in [1.29, 1.82) is 0 Å². The Kier molecular flexibility index (Phi) is 7.52. The molecule has 0 spiro atoms. The minimum atomic E-state index is -0.486. The van der Waals surface area contributed by atoms with Crippen LogP contribution in [0, 0.1) is 5.82 Å². The molecule has 3 rings (SSSR count). The maximum Gasteiger partial charge on any atom is 0.338 e. The number of carbonyl (C=O) groups excluding carboxylic acids is 1. The van der Waals surface area contributed by atoms with Gasteiger partial charge >= 0.3 is 5.97 Å². The van der Waals surface area contributed by atoms with Crippen LogP contribution in [0.1, 0.15) is 60.4 Å². The smallest absolute Gasteiger partial charge is 0.338 e. The molecular formula is C27H33FN2O2. The van der Waals surface area contributed by atoms with Crippen molar-refractivity contribution in [2.75, 3.05) is 13.7 Å². The normalized spacial score (nSPS) is 11.7. The van der Waals surface area contributed by atoms with Crippen molar-refractivity contribution < 1.29 is 13.9 Å². The topological polar surface area (TPSA) is 34.5 Å². The minimum absolute atomic E-state index is 0.0783. The van der Waals surface area contributed by atoms with E-state index in [1.54, 1.807) is 19.1 Å². The Morgan fingerprint density at radius 1 is 1.06 bits per heavy atom. The summed E-state index contributed by atoms with van der Waals surface area (Å²) in [5, 5.41) is 0. The summed E-state index contributed by atoms with van der Waals surface area (Å²) in [5.41, 5.74) is 3.98. The van der Waals surface area contributed by atoms with Crippen LogP contribution in [0.2, 0.25) is 0 Å². The number of ether oxygens (including phenoxy) is 1. The summed E-state index contributed by atoms with van der Waals surface area (Å²) >= 11 is 0. The number of halogens is 1. The zero-order valence-electron chi connectivity index (χ0n) is 19.7. The van der Waals surface area contributed by atoms with Gasteiger partial charge < -0.3 is 9.30 Å². The molecule has 0 saturated carbocycles. The number of hydrogen-bond donors (Lipinski definition) is 0. The summed E-state index contributed by atoms with van der Waals surface area (Å²) in [6, 6.07) is 17.1. The Hall–Kier alpha value is -2.92. The lowest BCUT2D eigenvalue weighted by molar-refractivity contribution is 0.0524. The van der Waals surface area contributed by atoms with E-state index in [-0.39, 0.29) is 23.4 Å². The third kappa shape index (κ3) is 5.86. The second kappa shape index (κ2) is 10.1. The molecule has 0 saturated heterocycles. The van der Waals surface area contributed by atoms with Crippen LogP contribution in [-0.4, -0.2) is 29.1 Å². The molecule has 5 heteroatoms. The zero-order chi connectivity index (χ0) is 23.3. The number of esters is 1. The van der Waals surface area contributed by atoms with E-state index < -0.39 is 5.97 Å². The van der Waals surface area contributed by atoms with Gasteiger partial charge in [0.25, 0.3) is 0 Å². The first-order chi connectivity index (χ1) is 15.2. The van der Waals surface area contributed by atoms with Crippen molar-refractivity contribution in [1.82, 2.24) is 9.47 Å². The van der Waals surface area contributed by atoms with E-state index in [9.17, 15) is 9.18 Å². The highest BCUT2D eigenvalue weighted by molar-refractivity contribution is 5.91. The predicted molar refractivity (Wildman–Crippen MR) is 126 cm³/mol. The third-order valence-corrected chi connectivity index (χ3v) is 5.41. The largest absolute Gasteiger partial charge is 0.462 e. The van der Waals surface area contributed by atoms with Gasteiger partial charge in [-0.25, -0.2) is 9.18 Å².